The van der Waals surface area contributed by atoms with Gasteiger partial charge in [0.05, 0.1) is 29.3 Å². The summed E-state index contributed by atoms with van der Waals surface area (Å²) in [6.07, 6.45) is 1.60. The second kappa shape index (κ2) is 7.84. The van der Waals surface area contributed by atoms with E-state index in [1.165, 1.54) is 0 Å². The minimum Gasteiger partial charge on any atom is -0.338 e. The molecule has 0 spiro atoms. The smallest absolute Gasteiger partial charge is 0.227 e. The molecule has 1 aromatic carbocycles. The molecule has 1 unspecified atom stereocenters. The number of amides is 1. The summed E-state index contributed by atoms with van der Waals surface area (Å²) in [4.78, 5) is 14.8. The van der Waals surface area contributed by atoms with Crippen molar-refractivity contribution in [2.24, 2.45) is 0 Å². The van der Waals surface area contributed by atoms with Gasteiger partial charge in [-0.3, -0.25) is 4.79 Å². The van der Waals surface area contributed by atoms with Crippen LogP contribution in [0.25, 0.3) is 5.69 Å². The van der Waals surface area contributed by atoms with E-state index in [0.717, 1.165) is 29.1 Å². The molecule has 2 aromatic rings. The first-order valence-electron chi connectivity index (χ1n) is 9.43. The first-order valence-corrected chi connectivity index (χ1v) is 11.2. The van der Waals surface area contributed by atoms with Crippen molar-refractivity contribution in [3.63, 3.8) is 0 Å². The van der Waals surface area contributed by atoms with Crippen LogP contribution in [0.3, 0.4) is 0 Å². The Morgan fingerprint density at radius 1 is 1.26 bits per heavy atom. The lowest BCUT2D eigenvalue weighted by Crippen LogP contribution is -2.42. The second-order valence-corrected chi connectivity index (χ2v) is 9.45. The molecule has 1 aliphatic heterocycles. The van der Waals surface area contributed by atoms with E-state index >= 15 is 0 Å². The molecule has 27 heavy (non-hydrogen) atoms. The summed E-state index contributed by atoms with van der Waals surface area (Å²) in [5.74, 6) is 0.243. The number of rotatable bonds is 6. The number of carbonyl (C=O) groups is 1. The normalized spacial score (nSPS) is 18.6. The fourth-order valence-electron chi connectivity index (χ4n) is 3.78. The van der Waals surface area contributed by atoms with Crippen LogP contribution in [-0.2, 0) is 21.1 Å². The summed E-state index contributed by atoms with van der Waals surface area (Å²) in [6.45, 7) is 6.48. The number of para-hydroxylation sites is 1. The summed E-state index contributed by atoms with van der Waals surface area (Å²) in [7, 11) is -3.02. The molecule has 0 radical (unpaired) electrons. The molecular formula is C20H27N3O3S. The van der Waals surface area contributed by atoms with E-state index in [4.69, 9.17) is 0 Å². The van der Waals surface area contributed by atoms with Gasteiger partial charge in [0, 0.05) is 23.8 Å². The van der Waals surface area contributed by atoms with E-state index in [1.807, 2.05) is 55.8 Å². The van der Waals surface area contributed by atoms with Gasteiger partial charge in [-0.2, -0.15) is 5.10 Å². The summed E-state index contributed by atoms with van der Waals surface area (Å²) in [6, 6.07) is 9.64. The number of carbonyl (C=O) groups excluding carboxylic acids is 1. The predicted octanol–water partition coefficient (Wildman–Crippen LogP) is 2.46. The van der Waals surface area contributed by atoms with Gasteiger partial charge in [-0.15, -0.1) is 0 Å². The summed E-state index contributed by atoms with van der Waals surface area (Å²) >= 11 is 0. The number of sulfone groups is 1. The minimum absolute atomic E-state index is 0.0160. The Hall–Kier alpha value is -2.15. The van der Waals surface area contributed by atoms with Gasteiger partial charge in [-0.25, -0.2) is 13.1 Å². The quantitative estimate of drug-likeness (QED) is 0.761. The molecule has 6 nitrogen and oxygen atoms in total. The van der Waals surface area contributed by atoms with Crippen molar-refractivity contribution >= 4 is 15.7 Å². The Morgan fingerprint density at radius 2 is 1.96 bits per heavy atom. The van der Waals surface area contributed by atoms with E-state index in [0.29, 0.717) is 13.0 Å². The third kappa shape index (κ3) is 4.24. The highest BCUT2D eigenvalue weighted by Gasteiger charge is 2.34. The van der Waals surface area contributed by atoms with Gasteiger partial charge in [-0.05, 0) is 38.8 Å². The molecular weight excluding hydrogens is 362 g/mol. The first kappa shape index (κ1) is 19.6. The third-order valence-corrected chi connectivity index (χ3v) is 6.95. The largest absolute Gasteiger partial charge is 0.338 e. The van der Waals surface area contributed by atoms with Crippen molar-refractivity contribution in [1.82, 2.24) is 14.7 Å². The molecule has 1 saturated heterocycles. The average molecular weight is 390 g/mol. The second-order valence-electron chi connectivity index (χ2n) is 7.22. The molecule has 0 bridgehead atoms. The standard InChI is InChI=1S/C20H27N3O3S/c1-4-11-22(18-10-12-27(25,26)14-18)20(24)13-19-15(2)21-23(16(19)3)17-8-6-5-7-9-17/h5-9,18H,4,10-14H2,1-3H3. The van der Waals surface area contributed by atoms with Gasteiger partial charge < -0.3 is 4.90 Å². The number of hydrogen-bond donors (Lipinski definition) is 0. The van der Waals surface area contributed by atoms with Crippen molar-refractivity contribution in [2.45, 2.75) is 46.1 Å². The van der Waals surface area contributed by atoms with Crippen LogP contribution in [0, 0.1) is 13.8 Å². The van der Waals surface area contributed by atoms with E-state index in [2.05, 4.69) is 5.10 Å². The molecule has 0 N–H and O–H groups in total. The Morgan fingerprint density at radius 3 is 2.56 bits per heavy atom. The Balaban J connectivity index is 1.83. The van der Waals surface area contributed by atoms with Crippen LogP contribution < -0.4 is 0 Å². The SMILES string of the molecule is CCCN(C(=O)Cc1c(C)nn(-c2ccccc2)c1C)C1CCS(=O)(=O)C1. The monoisotopic (exact) mass is 389 g/mol. The predicted molar refractivity (Wildman–Crippen MR) is 106 cm³/mol. The lowest BCUT2D eigenvalue weighted by Gasteiger charge is -2.28. The van der Waals surface area contributed by atoms with E-state index in [1.54, 1.807) is 4.90 Å². The van der Waals surface area contributed by atoms with E-state index in [-0.39, 0.29) is 29.9 Å². The molecule has 0 aliphatic carbocycles. The number of nitrogens with zero attached hydrogens (tertiary/aromatic N) is 3. The number of benzene rings is 1. The van der Waals surface area contributed by atoms with Crippen LogP contribution in [0.2, 0.25) is 0 Å². The van der Waals surface area contributed by atoms with Crippen molar-refractivity contribution in [3.05, 3.63) is 47.3 Å². The average Bonchev–Trinajstić information content (AvgIpc) is 3.13. The molecule has 7 heteroatoms. The summed E-state index contributed by atoms with van der Waals surface area (Å²) < 4.78 is 25.6. The van der Waals surface area contributed by atoms with Crippen LogP contribution in [-0.4, -0.2) is 53.1 Å². The fourth-order valence-corrected chi connectivity index (χ4v) is 5.51. The first-order chi connectivity index (χ1) is 12.8. The molecule has 1 aromatic heterocycles. The number of hydrogen-bond acceptors (Lipinski definition) is 4. The molecule has 2 heterocycles. The number of aromatic nitrogens is 2. The van der Waals surface area contributed by atoms with Gasteiger partial charge >= 0.3 is 0 Å². The van der Waals surface area contributed by atoms with Crippen molar-refractivity contribution in [2.75, 3.05) is 18.1 Å². The molecule has 0 saturated carbocycles. The third-order valence-electron chi connectivity index (χ3n) is 5.20. The van der Waals surface area contributed by atoms with E-state index < -0.39 is 9.84 Å². The van der Waals surface area contributed by atoms with Crippen molar-refractivity contribution < 1.29 is 13.2 Å². The van der Waals surface area contributed by atoms with Gasteiger partial charge in [0.2, 0.25) is 5.91 Å². The lowest BCUT2D eigenvalue weighted by atomic mass is 10.1. The van der Waals surface area contributed by atoms with Gasteiger partial charge in [-0.1, -0.05) is 25.1 Å². The Kier molecular flexibility index (Phi) is 5.69. The number of aryl methyl sites for hydroxylation is 1. The van der Waals surface area contributed by atoms with Crippen molar-refractivity contribution in [3.8, 4) is 5.69 Å². The molecule has 1 atom stereocenters. The maximum Gasteiger partial charge on any atom is 0.227 e. The lowest BCUT2D eigenvalue weighted by molar-refractivity contribution is -0.132. The maximum atomic E-state index is 13.0. The van der Waals surface area contributed by atoms with Crippen LogP contribution in [0.5, 0.6) is 0 Å². The molecule has 1 amide bonds. The highest BCUT2D eigenvalue weighted by molar-refractivity contribution is 7.91. The Labute approximate surface area is 161 Å². The van der Waals surface area contributed by atoms with Gasteiger partial charge in [0.1, 0.15) is 0 Å². The maximum absolute atomic E-state index is 13.0. The minimum atomic E-state index is -3.02. The molecule has 146 valence electrons. The van der Waals surface area contributed by atoms with Crippen LogP contribution in [0.1, 0.15) is 36.7 Å². The van der Waals surface area contributed by atoms with Gasteiger partial charge in [0.15, 0.2) is 9.84 Å². The van der Waals surface area contributed by atoms with Crippen LogP contribution in [0.4, 0.5) is 0 Å². The summed E-state index contributed by atoms with van der Waals surface area (Å²) in [5, 5.41) is 4.61. The molecule has 1 fully saturated rings. The van der Waals surface area contributed by atoms with E-state index in [9.17, 15) is 13.2 Å². The summed E-state index contributed by atoms with van der Waals surface area (Å²) in [5.41, 5.74) is 3.66. The van der Waals surface area contributed by atoms with Crippen LogP contribution in [0.15, 0.2) is 30.3 Å². The highest BCUT2D eigenvalue weighted by atomic mass is 32.2. The van der Waals surface area contributed by atoms with Crippen molar-refractivity contribution in [1.29, 1.82) is 0 Å². The zero-order valence-electron chi connectivity index (χ0n) is 16.2. The van der Waals surface area contributed by atoms with Crippen LogP contribution >= 0.6 is 0 Å². The van der Waals surface area contributed by atoms with Gasteiger partial charge in [0.25, 0.3) is 0 Å². The Bertz CT molecular complexity index is 919. The molecule has 1 aliphatic rings. The zero-order chi connectivity index (χ0) is 19.6. The molecule has 3 rings (SSSR count). The topological polar surface area (TPSA) is 72.3 Å². The highest BCUT2D eigenvalue weighted by Crippen LogP contribution is 2.22. The fraction of sp³-hybridized carbons (Fsp3) is 0.500. The zero-order valence-corrected chi connectivity index (χ0v) is 17.0.